The number of hydrogen-bond acceptors (Lipinski definition) is 4. The number of carbonyl (C=O) groups is 1. The van der Waals surface area contributed by atoms with Crippen molar-refractivity contribution in [3.8, 4) is 5.75 Å². The second-order valence-electron chi connectivity index (χ2n) is 14.8. The molecule has 5 nitrogen and oxygen atoms in total. The fourth-order valence-electron chi connectivity index (χ4n) is 6.76. The van der Waals surface area contributed by atoms with Crippen LogP contribution in [0.15, 0.2) is 72.8 Å². The molecule has 2 saturated heterocycles. The number of benzene rings is 3. The van der Waals surface area contributed by atoms with Gasteiger partial charge in [-0.3, -0.25) is 9.69 Å². The first kappa shape index (κ1) is 32.3. The molecule has 0 N–H and O–H groups in total. The number of rotatable bonds is 7. The van der Waals surface area contributed by atoms with Crippen molar-refractivity contribution in [3.63, 3.8) is 0 Å². The van der Waals surface area contributed by atoms with E-state index in [9.17, 15) is 4.79 Å². The first-order valence-corrected chi connectivity index (χ1v) is 19.4. The summed E-state index contributed by atoms with van der Waals surface area (Å²) in [6.07, 6.45) is 4.26. The average Bonchev–Trinajstić information content (AvgIpc) is 2.98. The third kappa shape index (κ3) is 6.77. The van der Waals surface area contributed by atoms with E-state index in [0.29, 0.717) is 6.04 Å². The molecule has 0 radical (unpaired) electrons. The molecule has 3 aromatic rings. The summed E-state index contributed by atoms with van der Waals surface area (Å²) in [4.78, 5) is 20.8. The van der Waals surface area contributed by atoms with Crippen LogP contribution < -0.4 is 9.33 Å². The standard InChI is InChI=1S/C38H53N3O2Si/c1-29-13-12-14-30(2)35(29)36(42)39-27-23-38(6,24-28-39)40-25-21-33(22-26-40)41(31-15-10-9-11-16-31)32-17-19-34(20-18-32)43-44(7,8)37(3,4)5/h9-20,33H,21-28H2,1-8H3. The largest absolute Gasteiger partial charge is 0.544 e. The van der Waals surface area contributed by atoms with Gasteiger partial charge < -0.3 is 14.2 Å². The second-order valence-corrected chi connectivity index (χ2v) is 19.6. The van der Waals surface area contributed by atoms with E-state index in [-0.39, 0.29) is 16.5 Å². The van der Waals surface area contributed by atoms with Crippen molar-refractivity contribution in [2.75, 3.05) is 31.1 Å². The molecule has 0 bridgehead atoms. The minimum Gasteiger partial charge on any atom is -0.544 e. The van der Waals surface area contributed by atoms with Crippen molar-refractivity contribution in [1.29, 1.82) is 0 Å². The Bertz CT molecular complexity index is 1390. The number of nitrogens with zero attached hydrogens (tertiary/aromatic N) is 3. The number of likely N-dealkylation sites (tertiary alicyclic amines) is 2. The van der Waals surface area contributed by atoms with Crippen LogP contribution in [0.1, 0.15) is 74.9 Å². The van der Waals surface area contributed by atoms with Gasteiger partial charge in [-0.2, -0.15) is 0 Å². The van der Waals surface area contributed by atoms with Gasteiger partial charge in [-0.05, 0) is 112 Å². The minimum absolute atomic E-state index is 0.128. The molecule has 0 aromatic heterocycles. The second kappa shape index (κ2) is 12.7. The van der Waals surface area contributed by atoms with Crippen LogP contribution in [0.4, 0.5) is 11.4 Å². The smallest absolute Gasteiger partial charge is 0.254 e. The Hall–Kier alpha value is -3.09. The highest BCUT2D eigenvalue weighted by atomic mass is 28.4. The van der Waals surface area contributed by atoms with Gasteiger partial charge in [0.05, 0.1) is 0 Å². The van der Waals surface area contributed by atoms with E-state index in [2.05, 4.69) is 136 Å². The van der Waals surface area contributed by atoms with Crippen LogP contribution in [0.25, 0.3) is 0 Å². The Kier molecular flexibility index (Phi) is 9.34. The van der Waals surface area contributed by atoms with Gasteiger partial charge in [0.15, 0.2) is 0 Å². The van der Waals surface area contributed by atoms with Crippen molar-refractivity contribution in [2.24, 2.45) is 0 Å². The van der Waals surface area contributed by atoms with Crippen LogP contribution >= 0.6 is 0 Å². The molecule has 1 amide bonds. The minimum atomic E-state index is -1.89. The van der Waals surface area contributed by atoms with Crippen molar-refractivity contribution in [2.45, 2.75) is 96.9 Å². The van der Waals surface area contributed by atoms with Gasteiger partial charge in [-0.1, -0.05) is 57.2 Å². The monoisotopic (exact) mass is 611 g/mol. The molecule has 5 rings (SSSR count). The van der Waals surface area contributed by atoms with Gasteiger partial charge in [0.25, 0.3) is 5.91 Å². The highest BCUT2D eigenvalue weighted by molar-refractivity contribution is 6.74. The van der Waals surface area contributed by atoms with E-state index in [4.69, 9.17) is 4.43 Å². The van der Waals surface area contributed by atoms with Gasteiger partial charge in [0.1, 0.15) is 5.75 Å². The fourth-order valence-corrected chi connectivity index (χ4v) is 7.79. The summed E-state index contributed by atoms with van der Waals surface area (Å²) < 4.78 is 6.59. The maximum atomic E-state index is 13.5. The molecule has 0 spiro atoms. The zero-order valence-electron chi connectivity index (χ0n) is 28.3. The first-order chi connectivity index (χ1) is 20.8. The predicted molar refractivity (Wildman–Crippen MR) is 187 cm³/mol. The Morgan fingerprint density at radius 1 is 0.818 bits per heavy atom. The molecule has 0 unspecified atom stereocenters. The lowest BCUT2D eigenvalue weighted by Crippen LogP contribution is -2.57. The summed E-state index contributed by atoms with van der Waals surface area (Å²) in [5.74, 6) is 1.17. The number of anilines is 2. The highest BCUT2D eigenvalue weighted by Gasteiger charge is 2.41. The van der Waals surface area contributed by atoms with E-state index in [1.165, 1.54) is 11.4 Å². The predicted octanol–water partition coefficient (Wildman–Crippen LogP) is 8.98. The van der Waals surface area contributed by atoms with Crippen LogP contribution in [0, 0.1) is 13.8 Å². The molecular formula is C38H53N3O2Si. The first-order valence-electron chi connectivity index (χ1n) is 16.5. The van der Waals surface area contributed by atoms with Crippen molar-refractivity contribution >= 4 is 25.6 Å². The summed E-state index contributed by atoms with van der Waals surface area (Å²) >= 11 is 0. The Labute approximate surface area is 267 Å². The van der Waals surface area contributed by atoms with Gasteiger partial charge in [-0.15, -0.1) is 0 Å². The summed E-state index contributed by atoms with van der Waals surface area (Å²) in [5.41, 5.74) is 5.63. The van der Waals surface area contributed by atoms with Gasteiger partial charge >= 0.3 is 0 Å². The van der Waals surface area contributed by atoms with Crippen LogP contribution in [0.5, 0.6) is 5.75 Å². The number of piperidine rings is 2. The van der Waals surface area contributed by atoms with E-state index in [0.717, 1.165) is 74.3 Å². The van der Waals surface area contributed by atoms with E-state index in [1.807, 2.05) is 6.07 Å². The van der Waals surface area contributed by atoms with Gasteiger partial charge in [0, 0.05) is 54.7 Å². The number of para-hydroxylation sites is 1. The Morgan fingerprint density at radius 2 is 1.36 bits per heavy atom. The zero-order chi connectivity index (χ0) is 31.7. The molecule has 0 atom stereocenters. The number of aryl methyl sites for hydroxylation is 2. The van der Waals surface area contributed by atoms with E-state index >= 15 is 0 Å². The maximum absolute atomic E-state index is 13.5. The SMILES string of the molecule is Cc1cccc(C)c1C(=O)N1CCC(C)(N2CCC(N(c3ccccc3)c3ccc(O[Si](C)(C)C(C)(C)C)cc3)CC2)CC1. The lowest BCUT2D eigenvalue weighted by Gasteiger charge is -2.50. The van der Waals surface area contributed by atoms with Crippen LogP contribution in [0.3, 0.4) is 0 Å². The van der Waals surface area contributed by atoms with Gasteiger partial charge in [0.2, 0.25) is 8.32 Å². The third-order valence-corrected chi connectivity index (χ3v) is 15.1. The Balaban J connectivity index is 1.25. The molecule has 6 heteroatoms. The summed E-state index contributed by atoms with van der Waals surface area (Å²) in [6, 6.07) is 26.2. The molecule has 2 aliphatic rings. The lowest BCUT2D eigenvalue weighted by atomic mass is 9.85. The number of carbonyl (C=O) groups excluding carboxylic acids is 1. The van der Waals surface area contributed by atoms with Crippen molar-refractivity contribution in [1.82, 2.24) is 9.80 Å². The van der Waals surface area contributed by atoms with Gasteiger partial charge in [-0.25, -0.2) is 0 Å². The molecule has 2 aliphatic heterocycles. The van der Waals surface area contributed by atoms with Crippen LogP contribution in [0.2, 0.25) is 18.1 Å². The quantitative estimate of drug-likeness (QED) is 0.250. The zero-order valence-corrected chi connectivity index (χ0v) is 29.3. The molecule has 2 fully saturated rings. The number of hydrogen-bond donors (Lipinski definition) is 0. The lowest BCUT2D eigenvalue weighted by molar-refractivity contribution is 0.0176. The summed E-state index contributed by atoms with van der Waals surface area (Å²) in [5, 5.41) is 0.165. The molecule has 3 aromatic carbocycles. The number of amides is 1. The molecular weight excluding hydrogens is 559 g/mol. The molecule has 0 aliphatic carbocycles. The fraction of sp³-hybridized carbons (Fsp3) is 0.500. The normalized spacial score (nSPS) is 18.2. The van der Waals surface area contributed by atoms with Crippen molar-refractivity contribution in [3.05, 3.63) is 89.5 Å². The van der Waals surface area contributed by atoms with Crippen molar-refractivity contribution < 1.29 is 9.22 Å². The third-order valence-electron chi connectivity index (χ3n) is 10.7. The molecule has 0 saturated carbocycles. The summed E-state index contributed by atoms with van der Waals surface area (Å²) in [7, 11) is -1.89. The Morgan fingerprint density at radius 3 is 1.91 bits per heavy atom. The average molecular weight is 612 g/mol. The van der Waals surface area contributed by atoms with E-state index < -0.39 is 8.32 Å². The maximum Gasteiger partial charge on any atom is 0.254 e. The van der Waals surface area contributed by atoms with E-state index in [1.54, 1.807) is 0 Å². The summed E-state index contributed by atoms with van der Waals surface area (Å²) in [6.45, 7) is 21.8. The van der Waals surface area contributed by atoms with Crippen LogP contribution in [-0.2, 0) is 0 Å². The molecule has 2 heterocycles. The highest BCUT2D eigenvalue weighted by Crippen LogP contribution is 2.40. The molecule has 236 valence electrons. The topological polar surface area (TPSA) is 36.0 Å². The molecule has 44 heavy (non-hydrogen) atoms. The van der Waals surface area contributed by atoms with Crippen LogP contribution in [-0.4, -0.2) is 61.8 Å².